The van der Waals surface area contributed by atoms with Crippen LogP contribution in [-0.2, 0) is 4.79 Å². The van der Waals surface area contributed by atoms with Crippen LogP contribution in [0, 0.1) is 5.92 Å². The van der Waals surface area contributed by atoms with Crippen LogP contribution in [0.1, 0.15) is 96.3 Å². The number of unbranched alkanes of at least 4 members (excludes halogenated alkanes) is 8. The summed E-state index contributed by atoms with van der Waals surface area (Å²) in [6.45, 7) is 0.671. The van der Waals surface area contributed by atoms with Gasteiger partial charge in [0.2, 0.25) is 6.08 Å². The summed E-state index contributed by atoms with van der Waals surface area (Å²) in [7, 11) is 0. The van der Waals surface area contributed by atoms with E-state index in [0.717, 1.165) is 12.3 Å². The minimum atomic E-state index is 0.671. The molecule has 0 spiro atoms. The normalized spacial score (nSPS) is 16.0. The molecule has 0 heterocycles. The molecule has 0 aromatic carbocycles. The minimum Gasteiger partial charge on any atom is -0.211 e. The number of carbonyl (C=O) groups excluding carboxylic acids is 1. The lowest BCUT2D eigenvalue weighted by Crippen LogP contribution is -2.05. The fourth-order valence-corrected chi connectivity index (χ4v) is 3.38. The highest BCUT2D eigenvalue weighted by atomic mass is 16.1. The molecule has 1 aliphatic rings. The number of rotatable bonds is 12. The van der Waals surface area contributed by atoms with Crippen molar-refractivity contribution in [2.45, 2.75) is 96.3 Å². The van der Waals surface area contributed by atoms with Crippen LogP contribution in [-0.4, -0.2) is 12.6 Å². The minimum absolute atomic E-state index is 0.671. The van der Waals surface area contributed by atoms with Gasteiger partial charge in [0.1, 0.15) is 0 Å². The molecule has 20 heavy (non-hydrogen) atoms. The van der Waals surface area contributed by atoms with E-state index in [1.165, 1.54) is 89.9 Å². The van der Waals surface area contributed by atoms with Gasteiger partial charge in [0, 0.05) is 0 Å². The van der Waals surface area contributed by atoms with Crippen LogP contribution in [0.25, 0.3) is 0 Å². The Hall–Kier alpha value is -0.620. The molecule has 0 amide bonds. The molecule has 0 unspecified atom stereocenters. The molecule has 1 rings (SSSR count). The molecule has 1 aliphatic carbocycles. The molecular weight excluding hydrogens is 246 g/mol. The lowest BCUT2D eigenvalue weighted by Gasteiger charge is -2.21. The van der Waals surface area contributed by atoms with E-state index < -0.39 is 0 Å². The van der Waals surface area contributed by atoms with Crippen LogP contribution < -0.4 is 0 Å². The van der Waals surface area contributed by atoms with Gasteiger partial charge < -0.3 is 0 Å². The zero-order valence-corrected chi connectivity index (χ0v) is 13.2. The predicted molar refractivity (Wildman–Crippen MR) is 85.7 cm³/mol. The Balaban J connectivity index is 1.73. The van der Waals surface area contributed by atoms with Crippen molar-refractivity contribution in [3.63, 3.8) is 0 Å². The van der Waals surface area contributed by atoms with Gasteiger partial charge >= 0.3 is 0 Å². The first-order valence-corrected chi connectivity index (χ1v) is 8.97. The van der Waals surface area contributed by atoms with Crippen LogP contribution in [0.4, 0.5) is 0 Å². The quantitative estimate of drug-likeness (QED) is 0.252. The second-order valence-electron chi connectivity index (χ2n) is 6.45. The molecule has 116 valence electrons. The zero-order chi connectivity index (χ0) is 14.3. The lowest BCUT2D eigenvalue weighted by molar-refractivity contribution is 0.328. The first-order valence-electron chi connectivity index (χ1n) is 8.97. The Bertz CT molecular complexity index is 252. The van der Waals surface area contributed by atoms with Gasteiger partial charge in [0.25, 0.3) is 0 Å². The lowest BCUT2D eigenvalue weighted by atomic mass is 9.85. The second-order valence-corrected chi connectivity index (χ2v) is 6.45. The number of hydrogen-bond donors (Lipinski definition) is 0. The standard InChI is InChI=1S/C18H33NO/c20-17-19-16-12-7-5-3-1-2-4-6-9-13-18-14-10-8-11-15-18/h18H,1-16H2. The van der Waals surface area contributed by atoms with Crippen LogP contribution in [0.3, 0.4) is 0 Å². The van der Waals surface area contributed by atoms with E-state index in [0.29, 0.717) is 6.54 Å². The Morgan fingerprint density at radius 2 is 1.30 bits per heavy atom. The molecule has 0 aromatic heterocycles. The van der Waals surface area contributed by atoms with E-state index in [1.807, 2.05) is 0 Å². The molecule has 1 fully saturated rings. The SMILES string of the molecule is O=C=NCCCCCCCCCCCC1CCCCC1. The van der Waals surface area contributed by atoms with Crippen LogP contribution in [0.5, 0.6) is 0 Å². The van der Waals surface area contributed by atoms with E-state index in [4.69, 9.17) is 0 Å². The summed E-state index contributed by atoms with van der Waals surface area (Å²) in [4.78, 5) is 13.4. The van der Waals surface area contributed by atoms with Crippen molar-refractivity contribution in [3.05, 3.63) is 0 Å². The molecule has 0 atom stereocenters. The summed E-state index contributed by atoms with van der Waals surface area (Å²) < 4.78 is 0. The fourth-order valence-electron chi connectivity index (χ4n) is 3.38. The molecule has 0 bridgehead atoms. The molecule has 0 aromatic rings. The Morgan fingerprint density at radius 3 is 1.90 bits per heavy atom. The van der Waals surface area contributed by atoms with Crippen molar-refractivity contribution in [2.24, 2.45) is 10.9 Å². The fraction of sp³-hybridized carbons (Fsp3) is 0.944. The average Bonchev–Trinajstić information content (AvgIpc) is 2.49. The Labute approximate surface area is 125 Å². The van der Waals surface area contributed by atoms with E-state index in [1.54, 1.807) is 6.08 Å². The number of aliphatic imine (C=N–C) groups is 1. The highest BCUT2D eigenvalue weighted by molar-refractivity contribution is 5.32. The second kappa shape index (κ2) is 13.4. The average molecular weight is 279 g/mol. The molecule has 2 heteroatoms. The van der Waals surface area contributed by atoms with Crippen molar-refractivity contribution in [3.8, 4) is 0 Å². The monoisotopic (exact) mass is 279 g/mol. The van der Waals surface area contributed by atoms with Crippen molar-refractivity contribution >= 4 is 6.08 Å². The van der Waals surface area contributed by atoms with Crippen molar-refractivity contribution < 1.29 is 4.79 Å². The highest BCUT2D eigenvalue weighted by Crippen LogP contribution is 2.28. The molecule has 1 saturated carbocycles. The molecular formula is C18H33NO. The van der Waals surface area contributed by atoms with Gasteiger partial charge in [0.05, 0.1) is 6.54 Å². The summed E-state index contributed by atoms with van der Waals surface area (Å²) in [5.74, 6) is 1.07. The summed E-state index contributed by atoms with van der Waals surface area (Å²) >= 11 is 0. The maximum absolute atomic E-state index is 9.87. The molecule has 0 radical (unpaired) electrons. The van der Waals surface area contributed by atoms with Crippen molar-refractivity contribution in [2.75, 3.05) is 6.54 Å². The van der Waals surface area contributed by atoms with Crippen molar-refractivity contribution in [1.82, 2.24) is 0 Å². The summed E-state index contributed by atoms with van der Waals surface area (Å²) in [6, 6.07) is 0. The molecule has 2 nitrogen and oxygen atoms in total. The first-order chi connectivity index (χ1) is 9.93. The van der Waals surface area contributed by atoms with Gasteiger partial charge in [-0.15, -0.1) is 0 Å². The Kier molecular flexibility index (Phi) is 11.7. The number of nitrogens with zero attached hydrogens (tertiary/aromatic N) is 1. The third kappa shape index (κ3) is 10.2. The van der Waals surface area contributed by atoms with E-state index in [2.05, 4.69) is 4.99 Å². The van der Waals surface area contributed by atoms with E-state index >= 15 is 0 Å². The first kappa shape index (κ1) is 17.4. The van der Waals surface area contributed by atoms with Gasteiger partial charge in [-0.2, -0.15) is 0 Å². The maximum Gasteiger partial charge on any atom is 0.234 e. The van der Waals surface area contributed by atoms with Crippen LogP contribution in [0.2, 0.25) is 0 Å². The highest BCUT2D eigenvalue weighted by Gasteiger charge is 2.12. The van der Waals surface area contributed by atoms with E-state index in [9.17, 15) is 4.79 Å². The topological polar surface area (TPSA) is 29.4 Å². The third-order valence-electron chi connectivity index (χ3n) is 4.67. The van der Waals surface area contributed by atoms with Crippen molar-refractivity contribution in [1.29, 1.82) is 0 Å². The zero-order valence-electron chi connectivity index (χ0n) is 13.2. The summed E-state index contributed by atoms with van der Waals surface area (Å²) in [6.07, 6.45) is 22.6. The summed E-state index contributed by atoms with van der Waals surface area (Å²) in [5.41, 5.74) is 0. The van der Waals surface area contributed by atoms with Crippen LogP contribution >= 0.6 is 0 Å². The van der Waals surface area contributed by atoms with Crippen LogP contribution in [0.15, 0.2) is 4.99 Å². The van der Waals surface area contributed by atoms with Gasteiger partial charge in [-0.1, -0.05) is 89.9 Å². The smallest absolute Gasteiger partial charge is 0.211 e. The maximum atomic E-state index is 9.87. The molecule has 0 saturated heterocycles. The number of isocyanates is 1. The van der Waals surface area contributed by atoms with Gasteiger partial charge in [-0.25, -0.2) is 9.79 Å². The van der Waals surface area contributed by atoms with Gasteiger partial charge in [-0.05, 0) is 12.3 Å². The number of hydrogen-bond acceptors (Lipinski definition) is 2. The van der Waals surface area contributed by atoms with Gasteiger partial charge in [0.15, 0.2) is 0 Å². The third-order valence-corrected chi connectivity index (χ3v) is 4.67. The molecule has 0 N–H and O–H groups in total. The van der Waals surface area contributed by atoms with E-state index in [-0.39, 0.29) is 0 Å². The Morgan fingerprint density at radius 1 is 0.750 bits per heavy atom. The molecule has 0 aliphatic heterocycles. The largest absolute Gasteiger partial charge is 0.234 e. The predicted octanol–water partition coefficient (Wildman–Crippen LogP) is 5.80. The van der Waals surface area contributed by atoms with Gasteiger partial charge in [-0.3, -0.25) is 0 Å². The summed E-state index contributed by atoms with van der Waals surface area (Å²) in [5, 5.41) is 0.